The molecule has 0 aliphatic rings. The Hall–Kier alpha value is -4.05. The summed E-state index contributed by atoms with van der Waals surface area (Å²) in [5, 5.41) is 4.81. The van der Waals surface area contributed by atoms with Crippen LogP contribution in [0.15, 0.2) is 71.8 Å². The smallest absolute Gasteiger partial charge is 0.417 e. The van der Waals surface area contributed by atoms with E-state index in [1.165, 1.54) is 17.0 Å². The van der Waals surface area contributed by atoms with Gasteiger partial charge in [-0.05, 0) is 67.1 Å². The van der Waals surface area contributed by atoms with Crippen LogP contribution < -0.4 is 20.9 Å². The molecule has 0 unspecified atom stereocenters. The lowest BCUT2D eigenvalue weighted by molar-refractivity contribution is -0.137. The Kier molecular flexibility index (Phi) is 7.16. The fraction of sp³-hybridized carbons (Fsp3) is 0.120. The van der Waals surface area contributed by atoms with Crippen LogP contribution in [0.5, 0.6) is 11.5 Å². The second-order valence-corrected chi connectivity index (χ2v) is 8.08. The number of anilines is 2. The predicted molar refractivity (Wildman–Crippen MR) is 132 cm³/mol. The first kappa shape index (κ1) is 25.1. The lowest BCUT2D eigenvalue weighted by Gasteiger charge is -2.12. The number of amides is 2. The van der Waals surface area contributed by atoms with E-state index in [0.717, 1.165) is 12.1 Å². The monoisotopic (exact) mass is 515 g/mol. The highest BCUT2D eigenvalue weighted by molar-refractivity contribution is 6.31. The Labute approximate surface area is 208 Å². The highest BCUT2D eigenvalue weighted by Crippen LogP contribution is 2.36. The van der Waals surface area contributed by atoms with Gasteiger partial charge in [0.15, 0.2) is 0 Å². The molecule has 3 aromatic carbocycles. The molecule has 1 aromatic heterocycles. The number of ether oxygens (including phenoxy) is 1. The van der Waals surface area contributed by atoms with Crippen LogP contribution in [0.1, 0.15) is 12.0 Å². The molecule has 0 bridgehead atoms. The molecule has 0 fully saturated rings. The van der Waals surface area contributed by atoms with Crippen molar-refractivity contribution >= 4 is 39.9 Å². The Morgan fingerprint density at radius 3 is 2.36 bits per heavy atom. The molecule has 185 valence electrons. The third-order valence-electron chi connectivity index (χ3n) is 5.07. The Morgan fingerprint density at radius 2 is 1.67 bits per heavy atom. The molecule has 1 heterocycles. The zero-order chi connectivity index (χ0) is 25.9. The highest BCUT2D eigenvalue weighted by Gasteiger charge is 2.33. The van der Waals surface area contributed by atoms with Crippen molar-refractivity contribution in [1.29, 1.82) is 0 Å². The van der Waals surface area contributed by atoms with E-state index in [-0.39, 0.29) is 11.2 Å². The minimum Gasteiger partial charge on any atom is -0.457 e. The molecule has 36 heavy (non-hydrogen) atoms. The van der Waals surface area contributed by atoms with E-state index in [1.807, 2.05) is 0 Å². The molecule has 4 rings (SSSR count). The fourth-order valence-corrected chi connectivity index (χ4v) is 3.61. The number of fused-ring (bicyclic) bond motifs is 1. The summed E-state index contributed by atoms with van der Waals surface area (Å²) in [6, 6.07) is 13.6. The predicted octanol–water partition coefficient (Wildman–Crippen LogP) is 6.73. The quantitative estimate of drug-likeness (QED) is 0.298. The molecule has 2 amide bonds. The third kappa shape index (κ3) is 5.77. The fourth-order valence-electron chi connectivity index (χ4n) is 3.39. The molecule has 0 saturated heterocycles. The summed E-state index contributed by atoms with van der Waals surface area (Å²) >= 11 is 5.59. The number of carbonyl (C=O) groups excluding carboxylic acids is 1. The van der Waals surface area contributed by atoms with Crippen molar-refractivity contribution in [1.82, 2.24) is 9.55 Å². The van der Waals surface area contributed by atoms with Gasteiger partial charge in [0.2, 0.25) is 0 Å². The number of nitrogens with zero attached hydrogens (tertiary/aromatic N) is 2. The number of alkyl halides is 3. The van der Waals surface area contributed by atoms with Crippen molar-refractivity contribution in [2.75, 3.05) is 10.6 Å². The van der Waals surface area contributed by atoms with Crippen LogP contribution in [0.25, 0.3) is 10.9 Å². The summed E-state index contributed by atoms with van der Waals surface area (Å²) in [5.41, 5.74) is -0.383. The Morgan fingerprint density at radius 1 is 1.00 bits per heavy atom. The number of benzene rings is 3. The summed E-state index contributed by atoms with van der Waals surface area (Å²) in [6.07, 6.45) is -2.61. The molecule has 0 atom stereocenters. The van der Waals surface area contributed by atoms with Gasteiger partial charge in [0.1, 0.15) is 11.5 Å². The first-order chi connectivity index (χ1) is 17.1. The standard InChI is InChI=1S/C25H19ClF3N4O3/c1-2-11-33-14-30-22-10-8-18(13-19(22)23(33)34)36-17-6-3-15(4-7-17)31-24(35)32-16-5-9-21(26)20(12-16)25(27,28)29/h3-10,12-14H,1-2,11H2,(H2,31,32,35). The third-order valence-corrected chi connectivity index (χ3v) is 5.40. The minimum absolute atomic E-state index is 0.0655. The second-order valence-electron chi connectivity index (χ2n) is 7.67. The highest BCUT2D eigenvalue weighted by atomic mass is 35.5. The van der Waals surface area contributed by atoms with Crippen LogP contribution in [0.4, 0.5) is 29.3 Å². The van der Waals surface area contributed by atoms with Gasteiger partial charge in [-0.1, -0.05) is 18.5 Å². The van der Waals surface area contributed by atoms with Crippen LogP contribution in [-0.4, -0.2) is 15.6 Å². The number of aromatic nitrogens is 2. The summed E-state index contributed by atoms with van der Waals surface area (Å²) in [4.78, 5) is 29.1. The molecule has 4 aromatic rings. The first-order valence-electron chi connectivity index (χ1n) is 10.6. The molecule has 7 nitrogen and oxygen atoms in total. The number of aryl methyl sites for hydroxylation is 1. The lowest BCUT2D eigenvalue weighted by Crippen LogP contribution is -2.20. The van der Waals surface area contributed by atoms with Gasteiger partial charge >= 0.3 is 12.2 Å². The summed E-state index contributed by atoms with van der Waals surface area (Å²) in [7, 11) is 0. The minimum atomic E-state index is -4.65. The van der Waals surface area contributed by atoms with Gasteiger partial charge in [-0.15, -0.1) is 0 Å². The van der Waals surface area contributed by atoms with Gasteiger partial charge < -0.3 is 15.4 Å². The van der Waals surface area contributed by atoms with Gasteiger partial charge in [-0.3, -0.25) is 9.36 Å². The maximum absolute atomic E-state index is 13.0. The van der Waals surface area contributed by atoms with Crippen LogP contribution >= 0.6 is 11.6 Å². The van der Waals surface area contributed by atoms with Gasteiger partial charge in [0.05, 0.1) is 27.8 Å². The van der Waals surface area contributed by atoms with Crippen LogP contribution in [0.2, 0.25) is 5.02 Å². The molecule has 0 aliphatic carbocycles. The van der Waals surface area contributed by atoms with Crippen molar-refractivity contribution < 1.29 is 22.7 Å². The van der Waals surface area contributed by atoms with E-state index < -0.39 is 22.8 Å². The van der Waals surface area contributed by atoms with Gasteiger partial charge in [-0.2, -0.15) is 13.2 Å². The number of rotatable bonds is 6. The summed E-state index contributed by atoms with van der Waals surface area (Å²) in [6.45, 7) is 4.20. The van der Waals surface area contributed by atoms with Crippen LogP contribution in [0.3, 0.4) is 0 Å². The zero-order valence-electron chi connectivity index (χ0n) is 18.6. The SMILES string of the molecule is [CH2]CCn1cnc2ccc(Oc3ccc(NC(=O)Nc4ccc(Cl)c(C(F)(F)F)c4)cc3)cc2c1=O. The van der Waals surface area contributed by atoms with Crippen molar-refractivity contribution in [3.8, 4) is 11.5 Å². The number of hydrogen-bond donors (Lipinski definition) is 2. The Balaban J connectivity index is 1.42. The Bertz CT molecular complexity index is 1470. The van der Waals surface area contributed by atoms with Gasteiger partial charge in [0.25, 0.3) is 5.56 Å². The normalized spacial score (nSPS) is 11.4. The van der Waals surface area contributed by atoms with Crippen LogP contribution in [-0.2, 0) is 12.7 Å². The molecule has 11 heteroatoms. The van der Waals surface area contributed by atoms with E-state index in [9.17, 15) is 22.8 Å². The number of hydrogen-bond acceptors (Lipinski definition) is 4. The largest absolute Gasteiger partial charge is 0.457 e. The molecular formula is C25H19ClF3N4O3. The second kappa shape index (κ2) is 10.3. The molecule has 0 aliphatic heterocycles. The van der Waals surface area contributed by atoms with E-state index in [2.05, 4.69) is 22.5 Å². The first-order valence-corrected chi connectivity index (χ1v) is 11.0. The molecule has 0 spiro atoms. The topological polar surface area (TPSA) is 85.2 Å². The number of carbonyl (C=O) groups is 1. The van der Waals surface area contributed by atoms with Gasteiger partial charge in [0, 0.05) is 17.9 Å². The maximum Gasteiger partial charge on any atom is 0.417 e. The zero-order valence-corrected chi connectivity index (χ0v) is 19.4. The lowest BCUT2D eigenvalue weighted by atomic mass is 10.2. The van der Waals surface area contributed by atoms with Gasteiger partial charge in [-0.25, -0.2) is 9.78 Å². The van der Waals surface area contributed by atoms with Crippen molar-refractivity contribution in [2.24, 2.45) is 0 Å². The average molecular weight is 516 g/mol. The van der Waals surface area contributed by atoms with Crippen molar-refractivity contribution in [3.05, 3.63) is 94.9 Å². The molecule has 1 radical (unpaired) electrons. The number of nitrogens with one attached hydrogen (secondary N) is 2. The van der Waals surface area contributed by atoms with E-state index >= 15 is 0 Å². The molecular weight excluding hydrogens is 497 g/mol. The summed E-state index contributed by atoms with van der Waals surface area (Å²) < 4.78 is 46.3. The van der Waals surface area contributed by atoms with E-state index in [0.29, 0.717) is 41.1 Å². The van der Waals surface area contributed by atoms with E-state index in [1.54, 1.807) is 42.5 Å². The number of urea groups is 1. The average Bonchev–Trinajstić information content (AvgIpc) is 2.83. The summed E-state index contributed by atoms with van der Waals surface area (Å²) in [5.74, 6) is 0.866. The maximum atomic E-state index is 13.0. The van der Waals surface area contributed by atoms with E-state index in [4.69, 9.17) is 16.3 Å². The van der Waals surface area contributed by atoms with Crippen molar-refractivity contribution in [3.63, 3.8) is 0 Å². The van der Waals surface area contributed by atoms with Crippen LogP contribution in [0, 0.1) is 6.92 Å². The molecule has 0 saturated carbocycles. The number of halogens is 4. The molecule has 2 N–H and O–H groups in total. The van der Waals surface area contributed by atoms with Crippen molar-refractivity contribution in [2.45, 2.75) is 19.1 Å².